The Morgan fingerprint density at radius 1 is 0.941 bits per heavy atom. The van der Waals surface area contributed by atoms with Crippen molar-refractivity contribution in [1.82, 2.24) is 0 Å². The van der Waals surface area contributed by atoms with Crippen molar-refractivity contribution in [2.24, 2.45) is 0 Å². The molecule has 0 saturated carbocycles. The average molecular weight is 257 g/mol. The van der Waals surface area contributed by atoms with Crippen LogP contribution in [-0.4, -0.2) is 5.11 Å². The third-order valence-corrected chi connectivity index (χ3v) is 2.29. The lowest BCUT2D eigenvalue weighted by atomic mass is 10.3. The molecular weight excluding hydrogens is 250 g/mol. The van der Waals surface area contributed by atoms with Gasteiger partial charge in [0.25, 0.3) is 0 Å². The van der Waals surface area contributed by atoms with Crippen LogP contribution in [0.2, 0.25) is 5.02 Å². The van der Waals surface area contributed by atoms with Gasteiger partial charge in [0, 0.05) is 24.3 Å². The van der Waals surface area contributed by atoms with Gasteiger partial charge in [0.15, 0.2) is 0 Å². The number of phenols is 1. The van der Waals surface area contributed by atoms with Crippen LogP contribution in [0.5, 0.6) is 17.2 Å². The second-order valence-electron chi connectivity index (χ2n) is 3.32. The summed E-state index contributed by atoms with van der Waals surface area (Å²) in [5.41, 5.74) is 0. The van der Waals surface area contributed by atoms with E-state index in [-0.39, 0.29) is 22.3 Å². The number of rotatable bonds is 2. The first-order valence-corrected chi connectivity index (χ1v) is 5.05. The van der Waals surface area contributed by atoms with Crippen LogP contribution >= 0.6 is 11.6 Å². The molecular formula is C12H7ClF2O2. The molecule has 0 unspecified atom stereocenters. The molecule has 1 N–H and O–H groups in total. The zero-order valence-electron chi connectivity index (χ0n) is 8.45. The van der Waals surface area contributed by atoms with Crippen LogP contribution in [0.4, 0.5) is 8.78 Å². The first kappa shape index (κ1) is 11.7. The van der Waals surface area contributed by atoms with E-state index in [0.717, 1.165) is 18.2 Å². The molecule has 0 aliphatic carbocycles. The van der Waals surface area contributed by atoms with Gasteiger partial charge in [0.05, 0.1) is 5.02 Å². The van der Waals surface area contributed by atoms with Gasteiger partial charge in [-0.15, -0.1) is 0 Å². The first-order valence-electron chi connectivity index (χ1n) is 4.67. The highest BCUT2D eigenvalue weighted by Gasteiger charge is 2.05. The molecule has 0 aliphatic rings. The van der Waals surface area contributed by atoms with Gasteiger partial charge in [0.2, 0.25) is 0 Å². The van der Waals surface area contributed by atoms with Gasteiger partial charge in [-0.2, -0.15) is 0 Å². The molecule has 2 nitrogen and oxygen atoms in total. The Balaban J connectivity index is 2.28. The third-order valence-electron chi connectivity index (χ3n) is 1.99. The largest absolute Gasteiger partial charge is 0.506 e. The van der Waals surface area contributed by atoms with E-state index in [1.54, 1.807) is 0 Å². The maximum Gasteiger partial charge on any atom is 0.134 e. The predicted octanol–water partition coefficient (Wildman–Crippen LogP) is 4.12. The Bertz CT molecular complexity index is 538. The molecule has 0 amide bonds. The summed E-state index contributed by atoms with van der Waals surface area (Å²) < 4.78 is 31.0. The summed E-state index contributed by atoms with van der Waals surface area (Å²) in [5, 5.41) is 9.29. The molecule has 0 spiro atoms. The van der Waals surface area contributed by atoms with Crippen LogP contribution in [0, 0.1) is 11.6 Å². The SMILES string of the molecule is Oc1ccc(Oc2cc(F)cc(F)c2)cc1Cl. The van der Waals surface area contributed by atoms with Gasteiger partial charge in [-0.25, -0.2) is 8.78 Å². The molecule has 88 valence electrons. The van der Waals surface area contributed by atoms with Crippen molar-refractivity contribution in [3.63, 3.8) is 0 Å². The number of benzene rings is 2. The summed E-state index contributed by atoms with van der Waals surface area (Å²) in [4.78, 5) is 0. The third kappa shape index (κ3) is 2.85. The molecule has 0 atom stereocenters. The minimum Gasteiger partial charge on any atom is -0.506 e. The number of phenolic OH excluding ortho intramolecular Hbond substituents is 1. The van der Waals surface area contributed by atoms with Gasteiger partial charge in [-0.3, -0.25) is 0 Å². The minimum atomic E-state index is -0.732. The normalized spacial score (nSPS) is 10.3. The van der Waals surface area contributed by atoms with Gasteiger partial charge in [0.1, 0.15) is 28.9 Å². The van der Waals surface area contributed by atoms with Crippen LogP contribution in [0.25, 0.3) is 0 Å². The molecule has 0 bridgehead atoms. The summed E-state index contributed by atoms with van der Waals surface area (Å²) in [6.45, 7) is 0. The highest BCUT2D eigenvalue weighted by molar-refractivity contribution is 6.32. The first-order chi connectivity index (χ1) is 8.04. The highest BCUT2D eigenvalue weighted by atomic mass is 35.5. The van der Waals surface area contributed by atoms with E-state index in [1.165, 1.54) is 18.2 Å². The number of hydrogen-bond donors (Lipinski definition) is 1. The summed E-state index contributed by atoms with van der Waals surface area (Å²) in [6, 6.07) is 6.95. The van der Waals surface area contributed by atoms with Gasteiger partial charge >= 0.3 is 0 Å². The van der Waals surface area contributed by atoms with Crippen LogP contribution in [0.3, 0.4) is 0 Å². The zero-order valence-corrected chi connectivity index (χ0v) is 9.21. The maximum absolute atomic E-state index is 12.9. The topological polar surface area (TPSA) is 29.5 Å². The van der Waals surface area contributed by atoms with E-state index < -0.39 is 11.6 Å². The quantitative estimate of drug-likeness (QED) is 0.876. The van der Waals surface area contributed by atoms with Crippen molar-refractivity contribution in [3.05, 3.63) is 53.1 Å². The Morgan fingerprint density at radius 3 is 2.18 bits per heavy atom. The Hall–Kier alpha value is -1.81. The summed E-state index contributed by atoms with van der Waals surface area (Å²) in [7, 11) is 0. The van der Waals surface area contributed by atoms with Crippen molar-refractivity contribution in [2.75, 3.05) is 0 Å². The Morgan fingerprint density at radius 2 is 1.59 bits per heavy atom. The molecule has 0 heterocycles. The number of ether oxygens (including phenoxy) is 1. The average Bonchev–Trinajstić information content (AvgIpc) is 2.22. The molecule has 17 heavy (non-hydrogen) atoms. The van der Waals surface area contributed by atoms with Gasteiger partial charge < -0.3 is 9.84 Å². The number of hydrogen-bond acceptors (Lipinski definition) is 2. The predicted molar refractivity (Wildman–Crippen MR) is 59.5 cm³/mol. The van der Waals surface area contributed by atoms with Crippen LogP contribution < -0.4 is 4.74 Å². The highest BCUT2D eigenvalue weighted by Crippen LogP contribution is 2.30. The summed E-state index contributed by atoms with van der Waals surface area (Å²) >= 11 is 5.66. The van der Waals surface area contributed by atoms with Crippen LogP contribution in [0.15, 0.2) is 36.4 Å². The minimum absolute atomic E-state index is 0.0178. The maximum atomic E-state index is 12.9. The molecule has 5 heteroatoms. The fraction of sp³-hybridized carbons (Fsp3) is 0. The van der Waals surface area contributed by atoms with E-state index in [9.17, 15) is 13.9 Å². The fourth-order valence-corrected chi connectivity index (χ4v) is 1.45. The lowest BCUT2D eigenvalue weighted by Crippen LogP contribution is -1.87. The molecule has 2 aromatic carbocycles. The van der Waals surface area contributed by atoms with E-state index in [2.05, 4.69) is 0 Å². The van der Waals surface area contributed by atoms with Crippen molar-refractivity contribution >= 4 is 11.6 Å². The smallest absolute Gasteiger partial charge is 0.134 e. The van der Waals surface area contributed by atoms with Crippen LogP contribution in [-0.2, 0) is 0 Å². The second kappa shape index (κ2) is 4.59. The monoisotopic (exact) mass is 256 g/mol. The zero-order chi connectivity index (χ0) is 12.4. The molecule has 2 rings (SSSR count). The Labute approximate surface area is 101 Å². The lowest BCUT2D eigenvalue weighted by Gasteiger charge is -2.06. The van der Waals surface area contributed by atoms with E-state index in [1.807, 2.05) is 0 Å². The van der Waals surface area contributed by atoms with Gasteiger partial charge in [-0.05, 0) is 12.1 Å². The van der Waals surface area contributed by atoms with E-state index >= 15 is 0 Å². The fourth-order valence-electron chi connectivity index (χ4n) is 1.27. The molecule has 0 aliphatic heterocycles. The van der Waals surface area contributed by atoms with E-state index in [0.29, 0.717) is 0 Å². The molecule has 2 aromatic rings. The van der Waals surface area contributed by atoms with Gasteiger partial charge in [-0.1, -0.05) is 11.6 Å². The second-order valence-corrected chi connectivity index (χ2v) is 3.73. The molecule has 0 radical (unpaired) electrons. The molecule has 0 saturated heterocycles. The Kier molecular flexibility index (Phi) is 3.15. The standard InChI is InChI=1S/C12H7ClF2O2/c13-11-6-9(1-2-12(11)16)17-10-4-7(14)3-8(15)5-10/h1-6,16H. The van der Waals surface area contributed by atoms with Crippen LogP contribution in [0.1, 0.15) is 0 Å². The van der Waals surface area contributed by atoms with Crippen molar-refractivity contribution < 1.29 is 18.6 Å². The molecule has 0 aromatic heterocycles. The lowest BCUT2D eigenvalue weighted by molar-refractivity contribution is 0.458. The number of aromatic hydroxyl groups is 1. The summed E-state index contributed by atoms with van der Waals surface area (Å²) in [5.74, 6) is -1.26. The number of halogens is 3. The van der Waals surface area contributed by atoms with Crippen molar-refractivity contribution in [2.45, 2.75) is 0 Å². The summed E-state index contributed by atoms with van der Waals surface area (Å²) in [6.07, 6.45) is 0. The van der Waals surface area contributed by atoms with Crippen molar-refractivity contribution in [1.29, 1.82) is 0 Å². The van der Waals surface area contributed by atoms with E-state index in [4.69, 9.17) is 16.3 Å². The van der Waals surface area contributed by atoms with Crippen molar-refractivity contribution in [3.8, 4) is 17.2 Å². The molecule has 0 fully saturated rings.